The molecule has 0 saturated carbocycles. The van der Waals surface area contributed by atoms with Gasteiger partial charge in [0.15, 0.2) is 6.10 Å². The van der Waals surface area contributed by atoms with Crippen LogP contribution >= 0.6 is 0 Å². The monoisotopic (exact) mass is 440 g/mol. The highest BCUT2D eigenvalue weighted by Crippen LogP contribution is 2.10. The Kier molecular flexibility index (Phi) is 22.3. The van der Waals surface area contributed by atoms with Crippen molar-refractivity contribution < 1.29 is 24.2 Å². The molecule has 1 unspecified atom stereocenters. The van der Waals surface area contributed by atoms with E-state index in [1.807, 2.05) is 0 Å². The largest absolute Gasteiger partial charge is 0.462 e. The normalized spacial score (nSPS) is 12.2. The maximum absolute atomic E-state index is 11.9. The second-order valence-electron chi connectivity index (χ2n) is 8.42. The summed E-state index contributed by atoms with van der Waals surface area (Å²) in [5, 5.41) is 9.37. The molecular weight excluding hydrogens is 392 g/mol. The molecule has 0 heterocycles. The van der Waals surface area contributed by atoms with Crippen molar-refractivity contribution in [1.82, 2.24) is 0 Å². The van der Waals surface area contributed by atoms with E-state index in [2.05, 4.69) is 26.0 Å². The third-order valence-electron chi connectivity index (χ3n) is 5.31. The number of unbranched alkanes of at least 4 members (excludes halogenated alkanes) is 12. The molecule has 1 N–H and O–H groups in total. The number of aliphatic hydroxyl groups is 1. The topological polar surface area (TPSA) is 72.8 Å². The van der Waals surface area contributed by atoms with Gasteiger partial charge >= 0.3 is 11.9 Å². The molecule has 0 rings (SSSR count). The van der Waals surface area contributed by atoms with Crippen molar-refractivity contribution in [2.75, 3.05) is 13.2 Å². The number of hydrogen-bond acceptors (Lipinski definition) is 5. The summed E-state index contributed by atoms with van der Waals surface area (Å²) in [6.07, 6.45) is 21.3. The number of carbonyl (C=O) groups excluding carboxylic acids is 2. The molecule has 5 heteroatoms. The number of allylic oxidation sites excluding steroid dienone is 2. The predicted molar refractivity (Wildman–Crippen MR) is 127 cm³/mol. The zero-order valence-corrected chi connectivity index (χ0v) is 20.2. The van der Waals surface area contributed by atoms with Crippen LogP contribution in [0.3, 0.4) is 0 Å². The molecule has 0 aliphatic rings. The summed E-state index contributed by atoms with van der Waals surface area (Å²) in [4.78, 5) is 23.7. The minimum atomic E-state index is -0.763. The van der Waals surface area contributed by atoms with Gasteiger partial charge in [0.1, 0.15) is 6.61 Å². The highest BCUT2D eigenvalue weighted by Gasteiger charge is 2.16. The molecule has 0 saturated heterocycles. The lowest BCUT2D eigenvalue weighted by atomic mass is 10.1. The van der Waals surface area contributed by atoms with Gasteiger partial charge in [-0.25, -0.2) is 0 Å². The molecule has 0 aromatic carbocycles. The van der Waals surface area contributed by atoms with Gasteiger partial charge in [0.05, 0.1) is 6.61 Å². The number of esters is 2. The molecule has 0 fully saturated rings. The van der Waals surface area contributed by atoms with E-state index in [9.17, 15) is 14.7 Å². The molecule has 0 amide bonds. The standard InChI is InChI=1S/C26H48O5/c1-3-5-7-9-11-12-13-14-15-17-19-21-26(29)31-24(22-27)23-30-25(28)20-18-16-10-8-6-4-2/h9,11,24,27H,3-8,10,12-23H2,1-2H3/b11-9-. The Morgan fingerprint density at radius 2 is 1.23 bits per heavy atom. The highest BCUT2D eigenvalue weighted by molar-refractivity contribution is 5.70. The summed E-state index contributed by atoms with van der Waals surface area (Å²) >= 11 is 0. The van der Waals surface area contributed by atoms with Gasteiger partial charge in [0, 0.05) is 12.8 Å². The third kappa shape index (κ3) is 21.7. The minimum Gasteiger partial charge on any atom is -0.462 e. The summed E-state index contributed by atoms with van der Waals surface area (Å²) < 4.78 is 10.4. The first-order valence-corrected chi connectivity index (χ1v) is 12.7. The molecule has 0 aliphatic carbocycles. The van der Waals surface area contributed by atoms with Crippen molar-refractivity contribution in [2.45, 2.75) is 129 Å². The van der Waals surface area contributed by atoms with Crippen LogP contribution in [-0.4, -0.2) is 36.4 Å². The number of rotatable bonds is 22. The van der Waals surface area contributed by atoms with Crippen molar-refractivity contribution in [1.29, 1.82) is 0 Å². The summed E-state index contributed by atoms with van der Waals surface area (Å²) in [5.41, 5.74) is 0. The fourth-order valence-electron chi connectivity index (χ4n) is 3.30. The smallest absolute Gasteiger partial charge is 0.306 e. The number of ether oxygens (including phenoxy) is 2. The quantitative estimate of drug-likeness (QED) is 0.116. The molecule has 0 bridgehead atoms. The highest BCUT2D eigenvalue weighted by atomic mass is 16.6. The molecule has 182 valence electrons. The fourth-order valence-corrected chi connectivity index (χ4v) is 3.30. The van der Waals surface area contributed by atoms with E-state index in [0.717, 1.165) is 44.9 Å². The maximum atomic E-state index is 11.9. The van der Waals surface area contributed by atoms with Crippen molar-refractivity contribution in [3.63, 3.8) is 0 Å². The second kappa shape index (κ2) is 23.3. The number of hydrogen-bond donors (Lipinski definition) is 1. The Morgan fingerprint density at radius 1 is 0.710 bits per heavy atom. The van der Waals surface area contributed by atoms with Crippen molar-refractivity contribution in [3.8, 4) is 0 Å². The minimum absolute atomic E-state index is 0.0668. The van der Waals surface area contributed by atoms with Crippen LogP contribution in [0.15, 0.2) is 12.2 Å². The fraction of sp³-hybridized carbons (Fsp3) is 0.846. The molecule has 1 atom stereocenters. The Balaban J connectivity index is 3.65. The lowest BCUT2D eigenvalue weighted by Gasteiger charge is -2.15. The molecule has 0 aromatic rings. The SMILES string of the molecule is CCCC/C=C\CCCCCCCC(=O)OC(CO)COC(=O)CCCCCCCC. The van der Waals surface area contributed by atoms with Gasteiger partial charge in [-0.1, -0.05) is 90.2 Å². The molecule has 0 aliphatic heterocycles. The zero-order valence-electron chi connectivity index (χ0n) is 20.2. The van der Waals surface area contributed by atoms with E-state index in [4.69, 9.17) is 9.47 Å². The van der Waals surface area contributed by atoms with Crippen LogP contribution in [0.2, 0.25) is 0 Å². The molecule has 31 heavy (non-hydrogen) atoms. The van der Waals surface area contributed by atoms with Gasteiger partial charge in [0.2, 0.25) is 0 Å². The van der Waals surface area contributed by atoms with E-state index >= 15 is 0 Å². The van der Waals surface area contributed by atoms with E-state index in [1.165, 1.54) is 51.4 Å². The van der Waals surface area contributed by atoms with Crippen LogP contribution in [-0.2, 0) is 19.1 Å². The summed E-state index contributed by atoms with van der Waals surface area (Å²) in [5.74, 6) is -0.616. The van der Waals surface area contributed by atoms with Gasteiger partial charge in [-0.05, 0) is 32.1 Å². The Hall–Kier alpha value is -1.36. The van der Waals surface area contributed by atoms with Gasteiger partial charge in [-0.2, -0.15) is 0 Å². The molecular formula is C26H48O5. The van der Waals surface area contributed by atoms with Crippen molar-refractivity contribution >= 4 is 11.9 Å². The van der Waals surface area contributed by atoms with E-state index in [-0.39, 0.29) is 25.2 Å². The Labute approximate surface area is 191 Å². The van der Waals surface area contributed by atoms with Gasteiger partial charge in [-0.3, -0.25) is 9.59 Å². The lowest BCUT2D eigenvalue weighted by Crippen LogP contribution is -2.28. The van der Waals surface area contributed by atoms with Crippen LogP contribution in [0.5, 0.6) is 0 Å². The first-order valence-electron chi connectivity index (χ1n) is 12.7. The molecule has 0 spiro atoms. The summed E-state index contributed by atoms with van der Waals surface area (Å²) in [7, 11) is 0. The van der Waals surface area contributed by atoms with E-state index < -0.39 is 6.10 Å². The van der Waals surface area contributed by atoms with Crippen molar-refractivity contribution in [2.24, 2.45) is 0 Å². The third-order valence-corrected chi connectivity index (χ3v) is 5.31. The number of aliphatic hydroxyl groups excluding tert-OH is 1. The van der Waals surface area contributed by atoms with Crippen LogP contribution < -0.4 is 0 Å². The van der Waals surface area contributed by atoms with Gasteiger partial charge in [0.25, 0.3) is 0 Å². The maximum Gasteiger partial charge on any atom is 0.306 e. The van der Waals surface area contributed by atoms with E-state index in [1.54, 1.807) is 0 Å². The first-order chi connectivity index (χ1) is 15.1. The van der Waals surface area contributed by atoms with Crippen molar-refractivity contribution in [3.05, 3.63) is 12.2 Å². The van der Waals surface area contributed by atoms with E-state index in [0.29, 0.717) is 12.8 Å². The summed E-state index contributed by atoms with van der Waals surface area (Å²) in [6, 6.07) is 0. The number of carbonyl (C=O) groups is 2. The zero-order chi connectivity index (χ0) is 23.0. The van der Waals surface area contributed by atoms with Crippen LogP contribution in [0.4, 0.5) is 0 Å². The molecule has 0 radical (unpaired) electrons. The van der Waals surface area contributed by atoms with Gasteiger partial charge < -0.3 is 14.6 Å². The molecule has 5 nitrogen and oxygen atoms in total. The van der Waals surface area contributed by atoms with Crippen LogP contribution in [0.25, 0.3) is 0 Å². The lowest BCUT2D eigenvalue weighted by molar-refractivity contribution is -0.161. The summed E-state index contributed by atoms with van der Waals surface area (Å²) in [6.45, 7) is 3.99. The first kappa shape index (κ1) is 29.6. The average molecular weight is 441 g/mol. The average Bonchev–Trinajstić information content (AvgIpc) is 2.77. The van der Waals surface area contributed by atoms with Gasteiger partial charge in [-0.15, -0.1) is 0 Å². The predicted octanol–water partition coefficient (Wildman–Crippen LogP) is 6.66. The van der Waals surface area contributed by atoms with Crippen LogP contribution in [0.1, 0.15) is 123 Å². The Morgan fingerprint density at radius 3 is 1.84 bits per heavy atom. The second-order valence-corrected chi connectivity index (χ2v) is 8.42. The Bertz CT molecular complexity index is 447. The molecule has 0 aromatic heterocycles. The van der Waals surface area contributed by atoms with Crippen LogP contribution in [0, 0.1) is 0 Å².